The molecule has 1 aromatic carbocycles. The Morgan fingerprint density at radius 1 is 1.24 bits per heavy atom. The van der Waals surface area contributed by atoms with Gasteiger partial charge in [-0.1, -0.05) is 30.3 Å². The fourth-order valence-corrected chi connectivity index (χ4v) is 3.39. The molecule has 2 heterocycles. The number of hydrogen-bond donors (Lipinski definition) is 1. The molecule has 1 fully saturated rings. The highest BCUT2D eigenvalue weighted by atomic mass is 16.3. The van der Waals surface area contributed by atoms with Crippen LogP contribution in [0.5, 0.6) is 0 Å². The lowest BCUT2D eigenvalue weighted by Gasteiger charge is -2.34. The van der Waals surface area contributed by atoms with Gasteiger partial charge in [-0.25, -0.2) is 4.68 Å². The van der Waals surface area contributed by atoms with Crippen LogP contribution in [0.3, 0.4) is 0 Å². The van der Waals surface area contributed by atoms with Crippen molar-refractivity contribution in [1.82, 2.24) is 25.1 Å². The van der Waals surface area contributed by atoms with E-state index in [1.807, 2.05) is 35.2 Å². The van der Waals surface area contributed by atoms with Gasteiger partial charge in [0.25, 0.3) is 0 Å². The molecule has 1 aliphatic rings. The lowest BCUT2D eigenvalue weighted by Crippen LogP contribution is -2.41. The average Bonchev–Trinajstić information content (AvgIpc) is 3.16. The summed E-state index contributed by atoms with van der Waals surface area (Å²) in [7, 11) is 0. The van der Waals surface area contributed by atoms with Crippen LogP contribution in [-0.2, 0) is 17.8 Å². The van der Waals surface area contributed by atoms with Crippen molar-refractivity contribution in [3.8, 4) is 0 Å². The lowest BCUT2D eigenvalue weighted by atomic mass is 9.88. The van der Waals surface area contributed by atoms with Gasteiger partial charge in [0, 0.05) is 26.1 Å². The van der Waals surface area contributed by atoms with Gasteiger partial charge in [-0.2, -0.15) is 0 Å². The molecule has 2 aromatic rings. The predicted octanol–water partition coefficient (Wildman–Crippen LogP) is 1.30. The van der Waals surface area contributed by atoms with E-state index in [1.165, 1.54) is 0 Å². The van der Waals surface area contributed by atoms with Crippen LogP contribution < -0.4 is 0 Å². The van der Waals surface area contributed by atoms with Crippen LogP contribution in [0, 0.1) is 5.92 Å². The molecule has 0 aliphatic carbocycles. The van der Waals surface area contributed by atoms with Crippen LogP contribution in [-0.4, -0.2) is 55.3 Å². The molecule has 1 amide bonds. The van der Waals surface area contributed by atoms with Crippen molar-refractivity contribution in [2.24, 2.45) is 5.92 Å². The van der Waals surface area contributed by atoms with Gasteiger partial charge in [0.2, 0.25) is 5.91 Å². The number of carbonyl (C=O) groups is 1. The highest BCUT2D eigenvalue weighted by Crippen LogP contribution is 2.23. The van der Waals surface area contributed by atoms with Crippen molar-refractivity contribution in [3.05, 3.63) is 42.2 Å². The second kappa shape index (κ2) is 8.71. The van der Waals surface area contributed by atoms with Crippen molar-refractivity contribution in [2.75, 3.05) is 13.1 Å². The molecule has 0 radical (unpaired) electrons. The first-order chi connectivity index (χ1) is 12.2. The molecular weight excluding hydrogens is 318 g/mol. The number of carbonyl (C=O) groups excluding carboxylic acids is 1. The molecule has 7 heteroatoms. The summed E-state index contributed by atoms with van der Waals surface area (Å²) >= 11 is 0. The predicted molar refractivity (Wildman–Crippen MR) is 92.5 cm³/mol. The van der Waals surface area contributed by atoms with E-state index in [1.54, 1.807) is 11.0 Å². The monoisotopic (exact) mass is 343 g/mol. The number of likely N-dealkylation sites (tertiary alicyclic amines) is 1. The van der Waals surface area contributed by atoms with Crippen molar-refractivity contribution in [2.45, 2.75) is 44.8 Å². The number of hydrogen-bond acceptors (Lipinski definition) is 5. The van der Waals surface area contributed by atoms with Gasteiger partial charge < -0.3 is 10.0 Å². The van der Waals surface area contributed by atoms with Crippen molar-refractivity contribution >= 4 is 5.91 Å². The first-order valence-electron chi connectivity index (χ1n) is 8.93. The van der Waals surface area contributed by atoms with E-state index in [0.717, 1.165) is 37.9 Å². The molecular formula is C18H25N5O2. The minimum Gasteiger partial charge on any atom is -0.392 e. The summed E-state index contributed by atoms with van der Waals surface area (Å²) < 4.78 is 1.64. The number of tetrazole rings is 1. The summed E-state index contributed by atoms with van der Waals surface area (Å²) in [5.41, 5.74) is 1.16. The first-order valence-corrected chi connectivity index (χ1v) is 8.93. The molecule has 134 valence electrons. The molecule has 0 bridgehead atoms. The lowest BCUT2D eigenvalue weighted by molar-refractivity contribution is -0.133. The van der Waals surface area contributed by atoms with E-state index in [9.17, 15) is 9.90 Å². The third-order valence-electron chi connectivity index (χ3n) is 4.89. The third-order valence-corrected chi connectivity index (χ3v) is 4.89. The Morgan fingerprint density at radius 2 is 2.00 bits per heavy atom. The third kappa shape index (κ3) is 5.09. The maximum Gasteiger partial charge on any atom is 0.222 e. The van der Waals surface area contributed by atoms with Gasteiger partial charge in [0.15, 0.2) is 0 Å². The molecule has 1 atom stereocenters. The van der Waals surface area contributed by atoms with Crippen LogP contribution in [0.4, 0.5) is 0 Å². The Balaban J connectivity index is 1.38. The van der Waals surface area contributed by atoms with E-state index >= 15 is 0 Å². The quantitative estimate of drug-likeness (QED) is 0.819. The topological polar surface area (TPSA) is 84.1 Å². The molecule has 0 spiro atoms. The molecule has 0 unspecified atom stereocenters. The fourth-order valence-electron chi connectivity index (χ4n) is 3.39. The van der Waals surface area contributed by atoms with Crippen LogP contribution in [0.25, 0.3) is 0 Å². The largest absolute Gasteiger partial charge is 0.392 e. The van der Waals surface area contributed by atoms with E-state index in [-0.39, 0.29) is 17.9 Å². The molecule has 25 heavy (non-hydrogen) atoms. The SMILES string of the molecule is O=C(CCCn1cnnn1)N1CCC([C@H](O)Cc2ccccc2)CC1. The van der Waals surface area contributed by atoms with Gasteiger partial charge in [0.1, 0.15) is 6.33 Å². The van der Waals surface area contributed by atoms with E-state index in [4.69, 9.17) is 0 Å². The Labute approximate surface area is 147 Å². The molecule has 3 rings (SSSR count). The summed E-state index contributed by atoms with van der Waals surface area (Å²) in [6, 6.07) is 10.1. The van der Waals surface area contributed by atoms with Crippen molar-refractivity contribution in [1.29, 1.82) is 0 Å². The zero-order valence-electron chi connectivity index (χ0n) is 14.4. The maximum absolute atomic E-state index is 12.3. The zero-order chi connectivity index (χ0) is 17.5. The fraction of sp³-hybridized carbons (Fsp3) is 0.556. The molecule has 1 N–H and O–H groups in total. The number of piperidine rings is 1. The van der Waals surface area contributed by atoms with E-state index in [0.29, 0.717) is 19.4 Å². The van der Waals surface area contributed by atoms with Crippen LogP contribution in [0.1, 0.15) is 31.2 Å². The summed E-state index contributed by atoms with van der Waals surface area (Å²) in [6.45, 7) is 2.13. The summed E-state index contributed by atoms with van der Waals surface area (Å²) in [5.74, 6) is 0.453. The number of aryl methyl sites for hydroxylation is 1. The van der Waals surface area contributed by atoms with Gasteiger partial charge in [-0.05, 0) is 47.6 Å². The van der Waals surface area contributed by atoms with Crippen LogP contribution >= 0.6 is 0 Å². The van der Waals surface area contributed by atoms with Crippen LogP contribution in [0.2, 0.25) is 0 Å². The van der Waals surface area contributed by atoms with Gasteiger partial charge in [-0.3, -0.25) is 4.79 Å². The number of benzene rings is 1. The molecule has 0 saturated carbocycles. The van der Waals surface area contributed by atoms with Crippen LogP contribution in [0.15, 0.2) is 36.7 Å². The minimum atomic E-state index is -0.334. The average molecular weight is 343 g/mol. The normalized spacial score (nSPS) is 16.8. The summed E-state index contributed by atoms with van der Waals surface area (Å²) in [6.07, 6.45) is 4.89. The summed E-state index contributed by atoms with van der Waals surface area (Å²) in [4.78, 5) is 14.2. The minimum absolute atomic E-state index is 0.184. The first kappa shape index (κ1) is 17.5. The van der Waals surface area contributed by atoms with Crippen molar-refractivity contribution < 1.29 is 9.90 Å². The standard InChI is InChI=1S/C18H25N5O2/c24-17(13-15-5-2-1-3-6-15)16-8-11-22(12-9-16)18(25)7-4-10-23-14-19-20-21-23/h1-3,5-6,14,16-17,24H,4,7-13H2/t17-/m1/s1. The second-order valence-electron chi connectivity index (χ2n) is 6.65. The number of aromatic nitrogens is 4. The molecule has 1 aliphatic heterocycles. The number of aliphatic hydroxyl groups is 1. The Kier molecular flexibility index (Phi) is 6.11. The van der Waals surface area contributed by atoms with Gasteiger partial charge >= 0.3 is 0 Å². The number of rotatable bonds is 7. The number of aliphatic hydroxyl groups excluding tert-OH is 1. The molecule has 7 nitrogen and oxygen atoms in total. The maximum atomic E-state index is 12.3. The highest BCUT2D eigenvalue weighted by molar-refractivity contribution is 5.76. The molecule has 1 aromatic heterocycles. The molecule has 1 saturated heterocycles. The van der Waals surface area contributed by atoms with Crippen molar-refractivity contribution in [3.63, 3.8) is 0 Å². The number of amides is 1. The van der Waals surface area contributed by atoms with Gasteiger partial charge in [0.05, 0.1) is 6.10 Å². The van der Waals surface area contributed by atoms with E-state index < -0.39 is 0 Å². The Hall–Kier alpha value is -2.28. The van der Waals surface area contributed by atoms with Gasteiger partial charge in [-0.15, -0.1) is 5.10 Å². The zero-order valence-corrected chi connectivity index (χ0v) is 14.4. The Morgan fingerprint density at radius 3 is 2.68 bits per heavy atom. The number of nitrogens with zero attached hydrogens (tertiary/aromatic N) is 5. The van der Waals surface area contributed by atoms with E-state index in [2.05, 4.69) is 15.5 Å². The Bertz CT molecular complexity index is 639. The highest BCUT2D eigenvalue weighted by Gasteiger charge is 2.27. The second-order valence-corrected chi connectivity index (χ2v) is 6.65. The smallest absolute Gasteiger partial charge is 0.222 e. The summed E-state index contributed by atoms with van der Waals surface area (Å²) in [5, 5.41) is 21.4.